The van der Waals surface area contributed by atoms with Gasteiger partial charge in [0.05, 0.1) is 17.8 Å². The Morgan fingerprint density at radius 1 is 0.917 bits per heavy atom. The van der Waals surface area contributed by atoms with Crippen LogP contribution in [0.15, 0.2) is 0 Å². The zero-order valence-corrected chi connectivity index (χ0v) is 15.7. The minimum Gasteiger partial charge on any atom is -0.393 e. The summed E-state index contributed by atoms with van der Waals surface area (Å²) in [7, 11) is 0. The number of aliphatic hydroxyl groups excluding tert-OH is 2. The first-order chi connectivity index (χ1) is 11.2. The highest BCUT2D eigenvalue weighted by Gasteiger charge is 2.65. The third-order valence-corrected chi connectivity index (χ3v) is 9.54. The standard InChI is InChI=1S/C21H36O3/c1-13(22)21(24)11-8-18-16-5-4-14-12-15(23)6-9-19(14,2)17(16)7-10-20(18,21)3/h13-18,22-24H,4-12H2,1-3H3/t13-,14+,15-,16-,17+,18+,19+,20+,21+/m1/s1. The van der Waals surface area contributed by atoms with Crippen molar-refractivity contribution in [1.29, 1.82) is 0 Å². The molecule has 138 valence electrons. The highest BCUT2D eigenvalue weighted by Crippen LogP contribution is 2.68. The molecule has 0 aromatic rings. The molecule has 3 N–H and O–H groups in total. The van der Waals surface area contributed by atoms with Crippen molar-refractivity contribution in [3.63, 3.8) is 0 Å². The van der Waals surface area contributed by atoms with Gasteiger partial charge in [-0.25, -0.2) is 0 Å². The van der Waals surface area contributed by atoms with Gasteiger partial charge in [-0.15, -0.1) is 0 Å². The molecule has 0 spiro atoms. The van der Waals surface area contributed by atoms with E-state index in [0.29, 0.717) is 23.2 Å². The van der Waals surface area contributed by atoms with Crippen molar-refractivity contribution in [1.82, 2.24) is 0 Å². The second-order valence-corrected chi connectivity index (χ2v) is 10.2. The number of hydrogen-bond donors (Lipinski definition) is 3. The second kappa shape index (κ2) is 5.44. The van der Waals surface area contributed by atoms with Crippen LogP contribution in [0.1, 0.15) is 78.6 Å². The summed E-state index contributed by atoms with van der Waals surface area (Å²) in [6, 6.07) is 0. The van der Waals surface area contributed by atoms with Crippen LogP contribution in [0.25, 0.3) is 0 Å². The van der Waals surface area contributed by atoms with Crippen molar-refractivity contribution in [3.8, 4) is 0 Å². The normalized spacial score (nSPS) is 58.5. The SMILES string of the molecule is C[C@@H](O)[C@@]1(O)CC[C@H]2[C@@H]3CC[C@H]4C[C@H](O)CC[C@]4(C)[C@H]3CC[C@@]21C. The molecule has 24 heavy (non-hydrogen) atoms. The van der Waals surface area contributed by atoms with Gasteiger partial charge < -0.3 is 15.3 Å². The first kappa shape index (κ1) is 17.3. The molecule has 0 amide bonds. The Hall–Kier alpha value is -0.120. The van der Waals surface area contributed by atoms with Gasteiger partial charge in [0, 0.05) is 5.41 Å². The maximum atomic E-state index is 11.3. The number of rotatable bonds is 1. The van der Waals surface area contributed by atoms with E-state index in [1.165, 1.54) is 25.7 Å². The van der Waals surface area contributed by atoms with Crippen LogP contribution in [0.4, 0.5) is 0 Å². The molecule has 4 aliphatic rings. The zero-order chi connectivity index (χ0) is 17.3. The summed E-state index contributed by atoms with van der Waals surface area (Å²) in [4.78, 5) is 0. The van der Waals surface area contributed by atoms with E-state index >= 15 is 0 Å². The van der Waals surface area contributed by atoms with E-state index in [4.69, 9.17) is 0 Å². The lowest BCUT2D eigenvalue weighted by atomic mass is 9.44. The van der Waals surface area contributed by atoms with Crippen molar-refractivity contribution in [2.45, 2.75) is 96.4 Å². The third-order valence-electron chi connectivity index (χ3n) is 9.54. The number of aliphatic hydroxyl groups is 3. The van der Waals surface area contributed by atoms with Crippen molar-refractivity contribution >= 4 is 0 Å². The van der Waals surface area contributed by atoms with E-state index in [1.54, 1.807) is 6.92 Å². The predicted octanol–water partition coefficient (Wildman–Crippen LogP) is 3.50. The van der Waals surface area contributed by atoms with E-state index in [-0.39, 0.29) is 11.5 Å². The Bertz CT molecular complexity index is 505. The second-order valence-electron chi connectivity index (χ2n) is 10.2. The van der Waals surface area contributed by atoms with Crippen LogP contribution in [0.5, 0.6) is 0 Å². The van der Waals surface area contributed by atoms with Gasteiger partial charge in [0.2, 0.25) is 0 Å². The van der Waals surface area contributed by atoms with Crippen molar-refractivity contribution < 1.29 is 15.3 Å². The van der Waals surface area contributed by atoms with Gasteiger partial charge >= 0.3 is 0 Å². The Kier molecular flexibility index (Phi) is 3.92. The Morgan fingerprint density at radius 2 is 1.62 bits per heavy atom. The summed E-state index contributed by atoms with van der Waals surface area (Å²) >= 11 is 0. The highest BCUT2D eigenvalue weighted by atomic mass is 16.3. The lowest BCUT2D eigenvalue weighted by Crippen LogP contribution is -2.59. The quantitative estimate of drug-likeness (QED) is 0.687. The Labute approximate surface area is 146 Å². The van der Waals surface area contributed by atoms with Crippen LogP contribution >= 0.6 is 0 Å². The predicted molar refractivity (Wildman–Crippen MR) is 94.4 cm³/mol. The van der Waals surface area contributed by atoms with Crippen molar-refractivity contribution in [3.05, 3.63) is 0 Å². The van der Waals surface area contributed by atoms with Crippen LogP contribution in [-0.4, -0.2) is 33.1 Å². The molecule has 4 fully saturated rings. The molecule has 0 aromatic carbocycles. The van der Waals surface area contributed by atoms with Crippen LogP contribution in [0.3, 0.4) is 0 Å². The van der Waals surface area contributed by atoms with Gasteiger partial charge in [0.15, 0.2) is 0 Å². The number of fused-ring (bicyclic) bond motifs is 5. The van der Waals surface area contributed by atoms with E-state index < -0.39 is 11.7 Å². The minimum absolute atomic E-state index is 0.0831. The van der Waals surface area contributed by atoms with Crippen molar-refractivity contribution in [2.75, 3.05) is 0 Å². The third kappa shape index (κ3) is 2.07. The van der Waals surface area contributed by atoms with E-state index in [2.05, 4.69) is 13.8 Å². The molecule has 0 aromatic heterocycles. The summed E-state index contributed by atoms with van der Waals surface area (Å²) in [6.07, 6.45) is 8.99. The van der Waals surface area contributed by atoms with E-state index in [9.17, 15) is 15.3 Å². The maximum absolute atomic E-state index is 11.3. The molecule has 0 heterocycles. The fourth-order valence-corrected chi connectivity index (χ4v) is 7.97. The average Bonchev–Trinajstić information content (AvgIpc) is 2.81. The molecule has 9 atom stereocenters. The molecule has 0 saturated heterocycles. The van der Waals surface area contributed by atoms with Gasteiger partial charge in [-0.1, -0.05) is 13.8 Å². The number of hydrogen-bond acceptors (Lipinski definition) is 3. The van der Waals surface area contributed by atoms with Crippen molar-refractivity contribution in [2.24, 2.45) is 34.5 Å². The monoisotopic (exact) mass is 336 g/mol. The first-order valence-electron chi connectivity index (χ1n) is 10.3. The fraction of sp³-hybridized carbons (Fsp3) is 1.00. The Morgan fingerprint density at radius 3 is 2.33 bits per heavy atom. The van der Waals surface area contributed by atoms with Gasteiger partial charge in [-0.2, -0.15) is 0 Å². The van der Waals surface area contributed by atoms with Gasteiger partial charge in [0.25, 0.3) is 0 Å². The molecular weight excluding hydrogens is 300 g/mol. The minimum atomic E-state index is -0.900. The highest BCUT2D eigenvalue weighted by molar-refractivity contribution is 5.15. The molecule has 4 aliphatic carbocycles. The van der Waals surface area contributed by atoms with Crippen LogP contribution in [0, 0.1) is 34.5 Å². The van der Waals surface area contributed by atoms with Gasteiger partial charge in [-0.05, 0) is 93.8 Å². The molecule has 4 saturated carbocycles. The summed E-state index contributed by atoms with van der Waals surface area (Å²) in [5.74, 6) is 2.69. The first-order valence-corrected chi connectivity index (χ1v) is 10.3. The molecule has 0 bridgehead atoms. The summed E-state index contributed by atoms with van der Waals surface area (Å²) in [5.41, 5.74) is -0.641. The molecule has 0 unspecified atom stereocenters. The maximum Gasteiger partial charge on any atom is 0.0958 e. The summed E-state index contributed by atoms with van der Waals surface area (Å²) < 4.78 is 0. The lowest BCUT2D eigenvalue weighted by molar-refractivity contribution is -0.186. The fourth-order valence-electron chi connectivity index (χ4n) is 7.97. The molecule has 0 aliphatic heterocycles. The zero-order valence-electron chi connectivity index (χ0n) is 15.7. The van der Waals surface area contributed by atoms with E-state index in [0.717, 1.165) is 38.0 Å². The topological polar surface area (TPSA) is 60.7 Å². The van der Waals surface area contributed by atoms with Crippen LogP contribution in [0.2, 0.25) is 0 Å². The Balaban J connectivity index is 1.63. The molecule has 0 radical (unpaired) electrons. The largest absolute Gasteiger partial charge is 0.393 e. The molecule has 4 rings (SSSR count). The van der Waals surface area contributed by atoms with Crippen LogP contribution < -0.4 is 0 Å². The van der Waals surface area contributed by atoms with E-state index in [1.807, 2.05) is 0 Å². The lowest BCUT2D eigenvalue weighted by Gasteiger charge is -2.61. The average molecular weight is 337 g/mol. The molecule has 3 heteroatoms. The molecular formula is C21H36O3. The molecule has 3 nitrogen and oxygen atoms in total. The summed E-state index contributed by atoms with van der Waals surface area (Å²) in [6.45, 7) is 6.53. The van der Waals surface area contributed by atoms with Crippen LogP contribution in [-0.2, 0) is 0 Å². The van der Waals surface area contributed by atoms with Gasteiger partial charge in [-0.3, -0.25) is 0 Å². The summed E-state index contributed by atoms with van der Waals surface area (Å²) in [5, 5.41) is 31.7. The smallest absolute Gasteiger partial charge is 0.0958 e. The van der Waals surface area contributed by atoms with Gasteiger partial charge in [0.1, 0.15) is 0 Å².